The van der Waals surface area contributed by atoms with Gasteiger partial charge in [0.15, 0.2) is 0 Å². The summed E-state index contributed by atoms with van der Waals surface area (Å²) in [4.78, 5) is 4.99. The van der Waals surface area contributed by atoms with Gasteiger partial charge in [-0.3, -0.25) is 0 Å². The summed E-state index contributed by atoms with van der Waals surface area (Å²) in [5.74, 6) is 0. The zero-order chi connectivity index (χ0) is 13.0. The number of unbranched alkanes of at least 4 members (excludes halogenated alkanes) is 1. The van der Waals surface area contributed by atoms with Gasteiger partial charge in [0.25, 0.3) is 0 Å². The molecule has 0 radical (unpaired) electrons. The fraction of sp³-hybridized carbons (Fsp3) is 1.00. The molecule has 2 saturated heterocycles. The first-order chi connectivity index (χ1) is 8.68. The number of hydrogen-bond donors (Lipinski definition) is 1. The topological polar surface area (TPSA) is 32.5 Å². The van der Waals surface area contributed by atoms with Crippen LogP contribution in [0.15, 0.2) is 0 Å². The molecule has 106 valence electrons. The lowest BCUT2D eigenvalue weighted by Gasteiger charge is -2.26. The molecular formula is C15H31N3. The fourth-order valence-electron chi connectivity index (χ4n) is 3.77. The van der Waals surface area contributed by atoms with E-state index in [4.69, 9.17) is 5.73 Å². The summed E-state index contributed by atoms with van der Waals surface area (Å²) in [5, 5.41) is 0. The number of likely N-dealkylation sites (N-methyl/N-ethyl adjacent to an activating group) is 1. The Morgan fingerprint density at radius 1 is 1.06 bits per heavy atom. The molecule has 0 saturated carbocycles. The van der Waals surface area contributed by atoms with Gasteiger partial charge in [0.2, 0.25) is 0 Å². The zero-order valence-electron chi connectivity index (χ0n) is 12.3. The molecule has 0 aromatic heterocycles. The van der Waals surface area contributed by atoms with E-state index in [1.165, 1.54) is 64.5 Å². The van der Waals surface area contributed by atoms with E-state index in [-0.39, 0.29) is 0 Å². The highest BCUT2D eigenvalue weighted by Gasteiger charge is 2.26. The predicted octanol–water partition coefficient (Wildman–Crippen LogP) is 2.06. The Kier molecular flexibility index (Phi) is 5.46. The normalized spacial score (nSPS) is 32.2. The van der Waals surface area contributed by atoms with Crippen LogP contribution in [0.3, 0.4) is 0 Å². The second kappa shape index (κ2) is 6.88. The van der Waals surface area contributed by atoms with Crippen molar-refractivity contribution in [2.45, 2.75) is 69.5 Å². The first kappa shape index (κ1) is 14.3. The molecule has 3 heteroatoms. The van der Waals surface area contributed by atoms with E-state index >= 15 is 0 Å². The molecule has 0 aliphatic carbocycles. The van der Waals surface area contributed by atoms with E-state index in [9.17, 15) is 0 Å². The summed E-state index contributed by atoms with van der Waals surface area (Å²) >= 11 is 0. The van der Waals surface area contributed by atoms with Crippen molar-refractivity contribution in [3.05, 3.63) is 0 Å². The monoisotopic (exact) mass is 253 g/mol. The summed E-state index contributed by atoms with van der Waals surface area (Å²) in [6, 6.07) is 1.91. The van der Waals surface area contributed by atoms with E-state index in [0.717, 1.165) is 6.04 Å². The van der Waals surface area contributed by atoms with Gasteiger partial charge in [0, 0.05) is 18.1 Å². The SMILES string of the molecule is CN1CCCC1CCCCC(N)C1CCCN1C. The Labute approximate surface area is 113 Å². The van der Waals surface area contributed by atoms with Crippen LogP contribution in [0.5, 0.6) is 0 Å². The molecule has 2 fully saturated rings. The van der Waals surface area contributed by atoms with Crippen molar-refractivity contribution in [3.63, 3.8) is 0 Å². The van der Waals surface area contributed by atoms with Crippen molar-refractivity contribution in [2.24, 2.45) is 5.73 Å². The van der Waals surface area contributed by atoms with Crippen molar-refractivity contribution >= 4 is 0 Å². The highest BCUT2D eigenvalue weighted by molar-refractivity contribution is 4.85. The average molecular weight is 253 g/mol. The Hall–Kier alpha value is -0.120. The van der Waals surface area contributed by atoms with E-state index in [2.05, 4.69) is 23.9 Å². The lowest BCUT2D eigenvalue weighted by atomic mass is 9.98. The maximum atomic E-state index is 6.34. The third-order valence-electron chi connectivity index (χ3n) is 5.07. The van der Waals surface area contributed by atoms with Crippen LogP contribution in [0, 0.1) is 0 Å². The van der Waals surface area contributed by atoms with Crippen LogP contribution in [0.4, 0.5) is 0 Å². The number of hydrogen-bond acceptors (Lipinski definition) is 3. The average Bonchev–Trinajstić information content (AvgIpc) is 2.94. The molecule has 3 nitrogen and oxygen atoms in total. The second-order valence-electron chi connectivity index (χ2n) is 6.42. The van der Waals surface area contributed by atoms with Gasteiger partial charge in [0.05, 0.1) is 0 Å². The van der Waals surface area contributed by atoms with Crippen LogP contribution in [0.1, 0.15) is 51.4 Å². The lowest BCUT2D eigenvalue weighted by molar-refractivity contribution is 0.255. The highest BCUT2D eigenvalue weighted by Crippen LogP contribution is 2.22. The minimum Gasteiger partial charge on any atom is -0.326 e. The van der Waals surface area contributed by atoms with Gasteiger partial charge < -0.3 is 15.5 Å². The molecule has 0 amide bonds. The molecule has 2 aliphatic heterocycles. The summed E-state index contributed by atoms with van der Waals surface area (Å²) in [5.41, 5.74) is 6.34. The third-order valence-corrected chi connectivity index (χ3v) is 5.07. The van der Waals surface area contributed by atoms with Crippen LogP contribution >= 0.6 is 0 Å². The van der Waals surface area contributed by atoms with Crippen LogP contribution < -0.4 is 5.73 Å². The fourth-order valence-corrected chi connectivity index (χ4v) is 3.77. The van der Waals surface area contributed by atoms with Crippen LogP contribution in [0.25, 0.3) is 0 Å². The smallest absolute Gasteiger partial charge is 0.0244 e. The second-order valence-corrected chi connectivity index (χ2v) is 6.42. The maximum Gasteiger partial charge on any atom is 0.0244 e. The summed E-state index contributed by atoms with van der Waals surface area (Å²) in [7, 11) is 4.50. The number of nitrogens with zero attached hydrogens (tertiary/aromatic N) is 2. The van der Waals surface area contributed by atoms with Crippen LogP contribution in [0.2, 0.25) is 0 Å². The van der Waals surface area contributed by atoms with Gasteiger partial charge in [-0.25, -0.2) is 0 Å². The van der Waals surface area contributed by atoms with E-state index < -0.39 is 0 Å². The van der Waals surface area contributed by atoms with Gasteiger partial charge >= 0.3 is 0 Å². The highest BCUT2D eigenvalue weighted by atomic mass is 15.2. The minimum absolute atomic E-state index is 0.402. The Morgan fingerprint density at radius 2 is 1.78 bits per heavy atom. The number of nitrogens with two attached hydrogens (primary N) is 1. The number of rotatable bonds is 6. The molecule has 0 aromatic carbocycles. The zero-order valence-corrected chi connectivity index (χ0v) is 12.3. The van der Waals surface area contributed by atoms with Crippen molar-refractivity contribution < 1.29 is 0 Å². The summed E-state index contributed by atoms with van der Waals surface area (Å²) in [6.45, 7) is 2.54. The number of likely N-dealkylation sites (tertiary alicyclic amines) is 2. The van der Waals surface area contributed by atoms with Crippen LogP contribution in [-0.4, -0.2) is 55.1 Å². The van der Waals surface area contributed by atoms with E-state index in [1.54, 1.807) is 0 Å². The van der Waals surface area contributed by atoms with Gasteiger partial charge in [-0.05, 0) is 65.7 Å². The third kappa shape index (κ3) is 3.69. The summed E-state index contributed by atoms with van der Waals surface area (Å²) < 4.78 is 0. The molecule has 2 heterocycles. The quantitative estimate of drug-likeness (QED) is 0.736. The molecule has 3 atom stereocenters. The molecule has 0 bridgehead atoms. The maximum absolute atomic E-state index is 6.34. The predicted molar refractivity (Wildman–Crippen MR) is 77.7 cm³/mol. The molecule has 3 unspecified atom stereocenters. The van der Waals surface area contributed by atoms with Crippen molar-refractivity contribution in [3.8, 4) is 0 Å². The summed E-state index contributed by atoms with van der Waals surface area (Å²) in [6.07, 6.45) is 10.7. The van der Waals surface area contributed by atoms with Crippen molar-refractivity contribution in [2.75, 3.05) is 27.2 Å². The first-order valence-corrected chi connectivity index (χ1v) is 7.84. The Balaban J connectivity index is 1.57. The van der Waals surface area contributed by atoms with Crippen LogP contribution in [-0.2, 0) is 0 Å². The minimum atomic E-state index is 0.402. The Morgan fingerprint density at radius 3 is 2.39 bits per heavy atom. The van der Waals surface area contributed by atoms with Crippen molar-refractivity contribution in [1.29, 1.82) is 0 Å². The molecular weight excluding hydrogens is 222 g/mol. The van der Waals surface area contributed by atoms with E-state index in [0.29, 0.717) is 12.1 Å². The molecule has 2 aliphatic rings. The molecule has 0 spiro atoms. The van der Waals surface area contributed by atoms with Gasteiger partial charge in [-0.1, -0.05) is 12.8 Å². The molecule has 2 N–H and O–H groups in total. The standard InChI is InChI=1S/C15H31N3/c1-17-11-5-8-13(17)7-3-4-9-14(16)15-10-6-12-18(15)2/h13-15H,3-12,16H2,1-2H3. The Bertz CT molecular complexity index is 244. The first-order valence-electron chi connectivity index (χ1n) is 7.84. The largest absolute Gasteiger partial charge is 0.326 e. The molecule has 18 heavy (non-hydrogen) atoms. The molecule has 0 aromatic rings. The van der Waals surface area contributed by atoms with Gasteiger partial charge in [-0.2, -0.15) is 0 Å². The van der Waals surface area contributed by atoms with Gasteiger partial charge in [0.1, 0.15) is 0 Å². The lowest BCUT2D eigenvalue weighted by Crippen LogP contribution is -2.42. The van der Waals surface area contributed by atoms with Gasteiger partial charge in [-0.15, -0.1) is 0 Å². The van der Waals surface area contributed by atoms with Crippen molar-refractivity contribution in [1.82, 2.24) is 9.80 Å². The van der Waals surface area contributed by atoms with E-state index in [1.807, 2.05) is 0 Å². The molecule has 2 rings (SSSR count).